The third-order valence-electron chi connectivity index (χ3n) is 10.4. The molecular formula is C37H50N6O14. The molecule has 6 N–H and O–H groups in total. The van der Waals surface area contributed by atoms with E-state index in [4.69, 9.17) is 33.2 Å². The molecule has 5 heterocycles. The molecule has 1 aromatic carbocycles. The van der Waals surface area contributed by atoms with Crippen LogP contribution in [-0.2, 0) is 38.0 Å². The van der Waals surface area contributed by atoms with Crippen molar-refractivity contribution in [1.82, 2.24) is 24.8 Å². The number of Topliss-reactive ketones (excluding diaryl/α,β-unsaturated/α-hetero) is 1. The highest BCUT2D eigenvalue weighted by atomic mass is 16.7. The maximum atomic E-state index is 13.3. The number of imidazole rings is 1. The maximum Gasteiger partial charge on any atom is 0.247 e. The molecule has 20 nitrogen and oxygen atoms in total. The summed E-state index contributed by atoms with van der Waals surface area (Å²) < 4.78 is 41.4. The van der Waals surface area contributed by atoms with Gasteiger partial charge in [-0.25, -0.2) is 15.0 Å². The number of fused-ring (bicyclic) bond motifs is 1. The molecular weight excluding hydrogens is 752 g/mol. The van der Waals surface area contributed by atoms with Crippen molar-refractivity contribution in [2.75, 3.05) is 46.4 Å². The Kier molecular flexibility index (Phi) is 13.1. The van der Waals surface area contributed by atoms with Crippen LogP contribution in [0.25, 0.3) is 17.2 Å². The number of aliphatic hydroxyl groups is 4. The van der Waals surface area contributed by atoms with E-state index >= 15 is 0 Å². The number of ketones is 1. The summed E-state index contributed by atoms with van der Waals surface area (Å²) in [6.07, 6.45) is -7.24. The largest absolute Gasteiger partial charge is 0.504 e. The standard InChI is InChI=1S/C37H50N6O14/c1-16(34(50)41-24-23(12-44)55-35(26(24)47)43-15-40-25-32(42(4)5)38-14-39-33(25)43)10-19-8-9-22(20(45)11-19)56-37-28(49)27(48)31(57-37)21(46)13-53-36-17(2)29(51-6)30(52-7)18(3)54-36/h8-11,14-15,17-18,23-24,26-31,35-37,44-45,47-49H,12-13H2,1-7H3,(H,41,50)/b16-10+/t17-,18-,23+,24+,26+,27-,28-,29+,30+,31+,35+,36-,37+/m0/s1. The number of aliphatic hydroxyl groups excluding tert-OH is 4. The minimum Gasteiger partial charge on any atom is -0.504 e. The van der Waals surface area contributed by atoms with Crippen LogP contribution < -0.4 is 15.0 Å². The zero-order valence-electron chi connectivity index (χ0n) is 32.5. The van der Waals surface area contributed by atoms with Crippen LogP contribution in [-0.4, -0.2) is 166 Å². The number of hydrogen-bond donors (Lipinski definition) is 6. The van der Waals surface area contributed by atoms with Crippen molar-refractivity contribution >= 4 is 34.7 Å². The fourth-order valence-corrected chi connectivity index (χ4v) is 7.34. The van der Waals surface area contributed by atoms with Gasteiger partial charge in [-0.15, -0.1) is 0 Å². The van der Waals surface area contributed by atoms with Gasteiger partial charge in [-0.05, 0) is 37.6 Å². The molecule has 0 bridgehead atoms. The first-order valence-electron chi connectivity index (χ1n) is 18.3. The molecule has 6 rings (SSSR count). The van der Waals surface area contributed by atoms with Gasteiger partial charge in [0.25, 0.3) is 0 Å². The number of phenols is 1. The van der Waals surface area contributed by atoms with Crippen molar-refractivity contribution in [3.8, 4) is 11.5 Å². The number of carbonyl (C=O) groups excluding carboxylic acids is 2. The Labute approximate surface area is 327 Å². The van der Waals surface area contributed by atoms with Crippen molar-refractivity contribution in [1.29, 1.82) is 0 Å². The lowest BCUT2D eigenvalue weighted by molar-refractivity contribution is -0.279. The van der Waals surface area contributed by atoms with Gasteiger partial charge in [0.2, 0.25) is 12.2 Å². The van der Waals surface area contributed by atoms with Gasteiger partial charge in [-0.1, -0.05) is 13.0 Å². The summed E-state index contributed by atoms with van der Waals surface area (Å²) in [5.74, 6) is -1.52. The molecule has 13 atom stereocenters. The van der Waals surface area contributed by atoms with Crippen LogP contribution in [0.4, 0.5) is 5.82 Å². The normalized spacial score (nSPS) is 33.1. The highest BCUT2D eigenvalue weighted by molar-refractivity contribution is 5.97. The first kappa shape index (κ1) is 42.3. The average Bonchev–Trinajstić information content (AvgIpc) is 3.84. The molecule has 0 spiro atoms. The predicted molar refractivity (Wildman–Crippen MR) is 198 cm³/mol. The molecule has 312 valence electrons. The Bertz CT molecular complexity index is 1930. The molecule has 0 unspecified atom stereocenters. The second-order valence-electron chi connectivity index (χ2n) is 14.5. The van der Waals surface area contributed by atoms with E-state index < -0.39 is 92.1 Å². The number of aromatic hydroxyl groups is 1. The van der Waals surface area contributed by atoms with Crippen molar-refractivity contribution in [2.24, 2.45) is 5.92 Å². The number of hydrogen-bond acceptors (Lipinski definition) is 18. The van der Waals surface area contributed by atoms with Crippen molar-refractivity contribution in [3.63, 3.8) is 0 Å². The highest BCUT2D eigenvalue weighted by Crippen LogP contribution is 2.35. The first-order chi connectivity index (χ1) is 27.2. The zero-order valence-corrected chi connectivity index (χ0v) is 32.5. The van der Waals surface area contributed by atoms with Gasteiger partial charge in [0.1, 0.15) is 43.5 Å². The number of rotatable bonds is 14. The molecule has 3 aliphatic heterocycles. The number of anilines is 1. The van der Waals surface area contributed by atoms with Gasteiger partial charge in [0, 0.05) is 39.8 Å². The van der Waals surface area contributed by atoms with Crippen LogP contribution in [0, 0.1) is 5.92 Å². The summed E-state index contributed by atoms with van der Waals surface area (Å²) >= 11 is 0. The minimum absolute atomic E-state index is 0.135. The van der Waals surface area contributed by atoms with E-state index in [0.29, 0.717) is 22.5 Å². The Morgan fingerprint density at radius 2 is 1.72 bits per heavy atom. The number of benzene rings is 1. The van der Waals surface area contributed by atoms with Gasteiger partial charge >= 0.3 is 0 Å². The lowest BCUT2D eigenvalue weighted by atomic mass is 9.92. The molecule has 57 heavy (non-hydrogen) atoms. The summed E-state index contributed by atoms with van der Waals surface area (Å²) in [6, 6.07) is 3.16. The Morgan fingerprint density at radius 3 is 2.39 bits per heavy atom. The summed E-state index contributed by atoms with van der Waals surface area (Å²) in [5.41, 5.74) is 1.44. The summed E-state index contributed by atoms with van der Waals surface area (Å²) in [6.45, 7) is 4.15. The molecule has 3 aromatic rings. The Balaban J connectivity index is 1.05. The molecule has 0 saturated carbocycles. The van der Waals surface area contributed by atoms with E-state index in [-0.39, 0.29) is 29.4 Å². The second kappa shape index (κ2) is 17.6. The topological polar surface area (TPSA) is 259 Å². The lowest BCUT2D eigenvalue weighted by Gasteiger charge is -2.43. The molecule has 0 aliphatic carbocycles. The van der Waals surface area contributed by atoms with Crippen molar-refractivity contribution in [2.45, 2.75) is 94.5 Å². The fraction of sp³-hybridized carbons (Fsp3) is 0.595. The molecule has 1 amide bonds. The number of nitrogens with one attached hydrogen (secondary N) is 1. The molecule has 2 aromatic heterocycles. The van der Waals surface area contributed by atoms with E-state index in [1.807, 2.05) is 6.92 Å². The number of methoxy groups -OCH3 is 2. The molecule has 3 saturated heterocycles. The van der Waals surface area contributed by atoms with Crippen LogP contribution >= 0.6 is 0 Å². The molecule has 3 aliphatic rings. The van der Waals surface area contributed by atoms with Crippen LogP contribution in [0.5, 0.6) is 11.5 Å². The quantitative estimate of drug-likeness (QED) is 0.110. The second-order valence-corrected chi connectivity index (χ2v) is 14.5. The SMILES string of the molecule is CO[C@@H]1[C@H](C)[C@@H](OCC(=O)[C@H]2O[C@@H](Oc3ccc(/C=C(\C)C(=O)N[C@H]4[C@@H](O)[C@H](n5cnc6c(N(C)C)ncnc65)O[C@@H]4CO)cc3O)[C@@H](O)[C@@H]2O)O[C@@H](C)[C@H]1OC. The highest BCUT2D eigenvalue weighted by Gasteiger charge is 2.49. The van der Waals surface area contributed by atoms with Crippen LogP contribution in [0.15, 0.2) is 36.4 Å². The van der Waals surface area contributed by atoms with E-state index in [1.54, 1.807) is 40.1 Å². The van der Waals surface area contributed by atoms with Gasteiger partial charge in [-0.3, -0.25) is 14.2 Å². The lowest BCUT2D eigenvalue weighted by Crippen LogP contribution is -2.55. The fourth-order valence-electron chi connectivity index (χ4n) is 7.34. The van der Waals surface area contributed by atoms with Crippen molar-refractivity contribution in [3.05, 3.63) is 42.0 Å². The number of ether oxygens (including phenoxy) is 7. The predicted octanol–water partition coefficient (Wildman–Crippen LogP) is -0.741. The smallest absolute Gasteiger partial charge is 0.247 e. The van der Waals surface area contributed by atoms with Crippen LogP contribution in [0.1, 0.15) is 32.6 Å². The third kappa shape index (κ3) is 8.46. The van der Waals surface area contributed by atoms with Gasteiger partial charge in [0.15, 0.2) is 52.9 Å². The Hall–Kier alpha value is -4.35. The number of phenolic OH excluding ortho intramolecular Hbond substituents is 1. The van der Waals surface area contributed by atoms with Crippen LogP contribution in [0.2, 0.25) is 0 Å². The minimum atomic E-state index is -1.65. The Morgan fingerprint density at radius 1 is 0.982 bits per heavy atom. The first-order valence-corrected chi connectivity index (χ1v) is 18.3. The summed E-state index contributed by atoms with van der Waals surface area (Å²) in [7, 11) is 6.71. The van der Waals surface area contributed by atoms with E-state index in [0.717, 1.165) is 0 Å². The number of amides is 1. The monoisotopic (exact) mass is 802 g/mol. The van der Waals surface area contributed by atoms with E-state index in [2.05, 4.69) is 20.3 Å². The van der Waals surface area contributed by atoms with Gasteiger partial charge in [-0.2, -0.15) is 0 Å². The number of aromatic nitrogens is 4. The zero-order chi connectivity index (χ0) is 41.3. The van der Waals surface area contributed by atoms with E-state index in [9.17, 15) is 35.1 Å². The summed E-state index contributed by atoms with van der Waals surface area (Å²) in [5, 5.41) is 56.2. The van der Waals surface area contributed by atoms with Gasteiger partial charge < -0.3 is 68.9 Å². The molecule has 0 radical (unpaired) electrons. The third-order valence-corrected chi connectivity index (χ3v) is 10.4. The maximum absolute atomic E-state index is 13.3. The number of nitrogens with zero attached hydrogens (tertiary/aromatic N) is 5. The van der Waals surface area contributed by atoms with E-state index in [1.165, 1.54) is 48.4 Å². The molecule has 20 heteroatoms. The van der Waals surface area contributed by atoms with Crippen LogP contribution in [0.3, 0.4) is 0 Å². The van der Waals surface area contributed by atoms with Gasteiger partial charge in [0.05, 0.1) is 31.2 Å². The number of carbonyl (C=O) groups is 2. The van der Waals surface area contributed by atoms with Crippen molar-refractivity contribution < 1.29 is 68.3 Å². The molecule has 3 fully saturated rings. The summed E-state index contributed by atoms with van der Waals surface area (Å²) in [4.78, 5) is 41.1. The average molecular weight is 803 g/mol.